The molecule has 1 amide bonds. The normalized spacial score (nSPS) is 10.5. The number of hydrogen-bond donors (Lipinski definition) is 0. The summed E-state index contributed by atoms with van der Waals surface area (Å²) in [6, 6.07) is 1.74. The van der Waals surface area contributed by atoms with Gasteiger partial charge in [0.15, 0.2) is 5.16 Å². The van der Waals surface area contributed by atoms with Gasteiger partial charge in [0.1, 0.15) is 11.0 Å². The van der Waals surface area contributed by atoms with Gasteiger partial charge >= 0.3 is 0 Å². The highest BCUT2D eigenvalue weighted by Gasteiger charge is 2.13. The molecule has 1 aromatic rings. The predicted octanol–water partition coefficient (Wildman–Crippen LogP) is 2.94. The molecule has 0 spiro atoms. The highest BCUT2D eigenvalue weighted by atomic mass is 35.5. The Morgan fingerprint density at radius 2 is 1.95 bits per heavy atom. The first-order valence-electron chi connectivity index (χ1n) is 7.18. The van der Waals surface area contributed by atoms with Gasteiger partial charge in [-0.3, -0.25) is 4.79 Å². The number of nitrogens with zero attached hydrogens (tertiary/aromatic N) is 4. The number of aromatic nitrogens is 2. The summed E-state index contributed by atoms with van der Waals surface area (Å²) < 4.78 is 0. The molecule has 21 heavy (non-hydrogen) atoms. The van der Waals surface area contributed by atoms with E-state index in [0.29, 0.717) is 16.1 Å². The standard InChI is InChI=1S/C14H23ClN4OS/c1-5-8-18(4)12-9-11(15)16-14(17-12)21-10-13(20)19(6-2)7-3/h9H,5-8,10H2,1-4H3. The van der Waals surface area contributed by atoms with Crippen molar-refractivity contribution in [1.82, 2.24) is 14.9 Å². The zero-order chi connectivity index (χ0) is 15.8. The fraction of sp³-hybridized carbons (Fsp3) is 0.643. The topological polar surface area (TPSA) is 49.3 Å². The molecule has 0 bridgehead atoms. The van der Waals surface area contributed by atoms with Crippen LogP contribution in [0.3, 0.4) is 0 Å². The van der Waals surface area contributed by atoms with Gasteiger partial charge in [-0.1, -0.05) is 30.3 Å². The number of rotatable bonds is 8. The summed E-state index contributed by atoms with van der Waals surface area (Å²) in [6.45, 7) is 8.39. The highest BCUT2D eigenvalue weighted by molar-refractivity contribution is 7.99. The molecule has 0 aliphatic carbocycles. The molecule has 1 heterocycles. The Morgan fingerprint density at radius 1 is 1.29 bits per heavy atom. The highest BCUT2D eigenvalue weighted by Crippen LogP contribution is 2.21. The van der Waals surface area contributed by atoms with Gasteiger partial charge in [0, 0.05) is 32.7 Å². The third kappa shape index (κ3) is 5.71. The van der Waals surface area contributed by atoms with Crippen LogP contribution in [0.15, 0.2) is 11.2 Å². The molecule has 0 atom stereocenters. The molecule has 7 heteroatoms. The van der Waals surface area contributed by atoms with Crippen molar-refractivity contribution in [3.63, 3.8) is 0 Å². The molecule has 0 aromatic carbocycles. The van der Waals surface area contributed by atoms with Gasteiger partial charge < -0.3 is 9.80 Å². The van der Waals surface area contributed by atoms with Gasteiger partial charge in [-0.15, -0.1) is 0 Å². The van der Waals surface area contributed by atoms with Crippen LogP contribution in [0.2, 0.25) is 5.15 Å². The second-order valence-electron chi connectivity index (χ2n) is 4.61. The fourth-order valence-electron chi connectivity index (χ4n) is 1.89. The maximum Gasteiger partial charge on any atom is 0.233 e. The van der Waals surface area contributed by atoms with Crippen molar-refractivity contribution in [2.45, 2.75) is 32.3 Å². The Kier molecular flexibility index (Phi) is 7.82. The summed E-state index contributed by atoms with van der Waals surface area (Å²) in [5.74, 6) is 1.21. The molecule has 0 saturated carbocycles. The Labute approximate surface area is 136 Å². The van der Waals surface area contributed by atoms with Gasteiger partial charge in [0.2, 0.25) is 5.91 Å². The SMILES string of the molecule is CCCN(C)c1cc(Cl)nc(SCC(=O)N(CC)CC)n1. The first kappa shape index (κ1) is 18.0. The van der Waals surface area contributed by atoms with Crippen LogP contribution in [-0.4, -0.2) is 53.2 Å². The maximum atomic E-state index is 12.0. The molecule has 0 saturated heterocycles. The third-order valence-corrected chi connectivity index (χ3v) is 4.08. The zero-order valence-electron chi connectivity index (χ0n) is 13.1. The van der Waals surface area contributed by atoms with Gasteiger partial charge in [-0.2, -0.15) is 0 Å². The van der Waals surface area contributed by atoms with Crippen LogP contribution in [0.4, 0.5) is 5.82 Å². The minimum atomic E-state index is 0.0945. The van der Waals surface area contributed by atoms with Crippen LogP contribution in [0.1, 0.15) is 27.2 Å². The number of thioether (sulfide) groups is 1. The van der Waals surface area contributed by atoms with E-state index in [4.69, 9.17) is 11.6 Å². The van der Waals surface area contributed by atoms with Gasteiger partial charge in [0.05, 0.1) is 5.75 Å². The van der Waals surface area contributed by atoms with E-state index in [1.54, 1.807) is 11.0 Å². The first-order valence-corrected chi connectivity index (χ1v) is 8.54. The summed E-state index contributed by atoms with van der Waals surface area (Å²) in [5.41, 5.74) is 0. The Morgan fingerprint density at radius 3 is 2.52 bits per heavy atom. The predicted molar refractivity (Wildman–Crippen MR) is 89.3 cm³/mol. The lowest BCUT2D eigenvalue weighted by Gasteiger charge is -2.19. The van der Waals surface area contributed by atoms with Crippen LogP contribution in [0.25, 0.3) is 0 Å². The van der Waals surface area contributed by atoms with Crippen molar-refractivity contribution in [2.75, 3.05) is 37.3 Å². The maximum absolute atomic E-state index is 12.0. The van der Waals surface area contributed by atoms with Gasteiger partial charge in [0.25, 0.3) is 0 Å². The fourth-order valence-corrected chi connectivity index (χ4v) is 2.87. The van der Waals surface area contributed by atoms with E-state index in [0.717, 1.165) is 31.9 Å². The van der Waals surface area contributed by atoms with Crippen LogP contribution in [0, 0.1) is 0 Å². The molecule has 1 rings (SSSR count). The molecule has 118 valence electrons. The minimum absolute atomic E-state index is 0.0945. The van der Waals surface area contributed by atoms with Crippen molar-refractivity contribution in [1.29, 1.82) is 0 Å². The number of carbonyl (C=O) groups excluding carboxylic acids is 1. The van der Waals surface area contributed by atoms with Crippen molar-refractivity contribution in [2.24, 2.45) is 0 Å². The lowest BCUT2D eigenvalue weighted by molar-refractivity contribution is -0.127. The van der Waals surface area contributed by atoms with E-state index >= 15 is 0 Å². The third-order valence-electron chi connectivity index (χ3n) is 3.05. The van der Waals surface area contributed by atoms with Crippen LogP contribution in [0.5, 0.6) is 0 Å². The Bertz CT molecular complexity index is 468. The van der Waals surface area contributed by atoms with E-state index in [-0.39, 0.29) is 5.91 Å². The molecule has 0 radical (unpaired) electrons. The van der Waals surface area contributed by atoms with Crippen LogP contribution < -0.4 is 4.90 Å². The molecule has 0 fully saturated rings. The molecule has 5 nitrogen and oxygen atoms in total. The number of anilines is 1. The summed E-state index contributed by atoms with van der Waals surface area (Å²) in [7, 11) is 1.97. The number of carbonyl (C=O) groups is 1. The number of amides is 1. The molecule has 0 N–H and O–H groups in total. The lowest BCUT2D eigenvalue weighted by atomic mass is 10.4. The second-order valence-corrected chi connectivity index (χ2v) is 5.94. The smallest absolute Gasteiger partial charge is 0.233 e. The van der Waals surface area contributed by atoms with Crippen molar-refractivity contribution >= 4 is 35.1 Å². The van der Waals surface area contributed by atoms with E-state index in [1.165, 1.54) is 11.8 Å². The van der Waals surface area contributed by atoms with Gasteiger partial charge in [-0.05, 0) is 20.3 Å². The largest absolute Gasteiger partial charge is 0.360 e. The van der Waals surface area contributed by atoms with Crippen molar-refractivity contribution in [3.8, 4) is 0 Å². The Hall–Kier alpha value is -1.01. The first-order chi connectivity index (χ1) is 10.0. The quantitative estimate of drug-likeness (QED) is 0.416. The van der Waals surface area contributed by atoms with E-state index in [1.807, 2.05) is 25.8 Å². The molecular formula is C14H23ClN4OS. The minimum Gasteiger partial charge on any atom is -0.360 e. The summed E-state index contributed by atoms with van der Waals surface area (Å²) in [4.78, 5) is 24.5. The van der Waals surface area contributed by atoms with Crippen molar-refractivity contribution < 1.29 is 4.79 Å². The summed E-state index contributed by atoms with van der Waals surface area (Å²) in [5, 5.41) is 0.946. The molecule has 0 aliphatic rings. The van der Waals surface area contributed by atoms with E-state index < -0.39 is 0 Å². The van der Waals surface area contributed by atoms with Crippen LogP contribution in [-0.2, 0) is 4.79 Å². The lowest BCUT2D eigenvalue weighted by Crippen LogP contribution is -2.31. The second kappa shape index (κ2) is 9.10. The average Bonchev–Trinajstić information content (AvgIpc) is 2.46. The van der Waals surface area contributed by atoms with E-state index in [9.17, 15) is 4.79 Å². The summed E-state index contributed by atoms with van der Waals surface area (Å²) >= 11 is 7.37. The Balaban J connectivity index is 2.73. The summed E-state index contributed by atoms with van der Waals surface area (Å²) in [6.07, 6.45) is 1.03. The molecular weight excluding hydrogens is 308 g/mol. The van der Waals surface area contributed by atoms with Crippen molar-refractivity contribution in [3.05, 3.63) is 11.2 Å². The monoisotopic (exact) mass is 330 g/mol. The molecule has 0 unspecified atom stereocenters. The number of halogens is 1. The molecule has 1 aromatic heterocycles. The van der Waals surface area contributed by atoms with E-state index in [2.05, 4.69) is 16.9 Å². The van der Waals surface area contributed by atoms with Gasteiger partial charge in [-0.25, -0.2) is 9.97 Å². The number of hydrogen-bond acceptors (Lipinski definition) is 5. The molecule has 0 aliphatic heterocycles. The zero-order valence-corrected chi connectivity index (χ0v) is 14.7. The average molecular weight is 331 g/mol. The van der Waals surface area contributed by atoms with Crippen LogP contribution >= 0.6 is 23.4 Å².